The number of nitrogens with one attached hydrogen (secondary N) is 1. The highest BCUT2D eigenvalue weighted by Gasteiger charge is 2.22. The fourth-order valence-electron chi connectivity index (χ4n) is 2.44. The van der Waals surface area contributed by atoms with Gasteiger partial charge in [-0.15, -0.1) is 0 Å². The molecular formula is C13H26N2O3. The summed E-state index contributed by atoms with van der Waals surface area (Å²) in [4.78, 5) is 13.6. The first kappa shape index (κ1) is 15.4. The number of likely N-dealkylation sites (N-methyl/N-ethyl adjacent to an activating group) is 1. The number of hydrogen-bond donors (Lipinski definition) is 2. The molecular weight excluding hydrogens is 232 g/mol. The van der Waals surface area contributed by atoms with Crippen molar-refractivity contribution in [3.63, 3.8) is 0 Å². The summed E-state index contributed by atoms with van der Waals surface area (Å²) < 4.78 is 4.79. The molecule has 0 aliphatic carbocycles. The van der Waals surface area contributed by atoms with E-state index in [2.05, 4.69) is 17.1 Å². The van der Waals surface area contributed by atoms with Crippen molar-refractivity contribution in [1.82, 2.24) is 10.2 Å². The van der Waals surface area contributed by atoms with Gasteiger partial charge in [0.1, 0.15) is 0 Å². The van der Waals surface area contributed by atoms with E-state index in [-0.39, 0.29) is 12.4 Å². The SMILES string of the molecule is CCOC(=O)CC(O)CNCC1CCCN1CC. The minimum atomic E-state index is -0.652. The number of rotatable bonds is 8. The molecule has 0 aromatic rings. The van der Waals surface area contributed by atoms with E-state index in [1.807, 2.05) is 0 Å². The molecule has 2 atom stereocenters. The molecule has 0 saturated carbocycles. The Bertz CT molecular complexity index is 248. The second kappa shape index (κ2) is 8.45. The summed E-state index contributed by atoms with van der Waals surface area (Å²) in [6.07, 6.45) is 1.89. The molecule has 1 aliphatic rings. The van der Waals surface area contributed by atoms with E-state index in [9.17, 15) is 9.90 Å². The van der Waals surface area contributed by atoms with Crippen molar-refractivity contribution in [3.8, 4) is 0 Å². The lowest BCUT2D eigenvalue weighted by Gasteiger charge is -2.23. The zero-order valence-corrected chi connectivity index (χ0v) is 11.5. The normalized spacial score (nSPS) is 22.1. The van der Waals surface area contributed by atoms with E-state index in [1.165, 1.54) is 19.4 Å². The van der Waals surface area contributed by atoms with Gasteiger partial charge in [0.2, 0.25) is 0 Å². The van der Waals surface area contributed by atoms with Crippen molar-refractivity contribution in [3.05, 3.63) is 0 Å². The highest BCUT2D eigenvalue weighted by atomic mass is 16.5. The molecule has 106 valence electrons. The van der Waals surface area contributed by atoms with Crippen molar-refractivity contribution in [1.29, 1.82) is 0 Å². The van der Waals surface area contributed by atoms with Crippen LogP contribution in [0.2, 0.25) is 0 Å². The highest BCUT2D eigenvalue weighted by Crippen LogP contribution is 2.15. The van der Waals surface area contributed by atoms with Gasteiger partial charge in [-0.1, -0.05) is 6.92 Å². The van der Waals surface area contributed by atoms with Gasteiger partial charge < -0.3 is 15.2 Å². The molecule has 0 amide bonds. The number of ether oxygens (including phenoxy) is 1. The van der Waals surface area contributed by atoms with E-state index >= 15 is 0 Å². The van der Waals surface area contributed by atoms with Gasteiger partial charge in [0.05, 0.1) is 19.1 Å². The molecule has 5 nitrogen and oxygen atoms in total. The monoisotopic (exact) mass is 258 g/mol. The van der Waals surface area contributed by atoms with Gasteiger partial charge in [-0.2, -0.15) is 0 Å². The summed E-state index contributed by atoms with van der Waals surface area (Å²) in [7, 11) is 0. The van der Waals surface area contributed by atoms with Crippen LogP contribution in [0.25, 0.3) is 0 Å². The molecule has 0 aromatic heterocycles. The van der Waals surface area contributed by atoms with Crippen molar-refractivity contribution < 1.29 is 14.6 Å². The van der Waals surface area contributed by atoms with Crippen LogP contribution in [-0.2, 0) is 9.53 Å². The van der Waals surface area contributed by atoms with Crippen molar-refractivity contribution in [2.24, 2.45) is 0 Å². The van der Waals surface area contributed by atoms with Crippen LogP contribution >= 0.6 is 0 Å². The number of likely N-dealkylation sites (tertiary alicyclic amines) is 1. The van der Waals surface area contributed by atoms with Crippen LogP contribution in [0.5, 0.6) is 0 Å². The maximum absolute atomic E-state index is 11.2. The van der Waals surface area contributed by atoms with E-state index in [0.29, 0.717) is 19.2 Å². The highest BCUT2D eigenvalue weighted by molar-refractivity contribution is 5.69. The summed E-state index contributed by atoms with van der Waals surface area (Å²) in [5.74, 6) is -0.331. The van der Waals surface area contributed by atoms with E-state index in [0.717, 1.165) is 13.1 Å². The van der Waals surface area contributed by atoms with Gasteiger partial charge in [0.15, 0.2) is 0 Å². The number of esters is 1. The first-order valence-electron chi connectivity index (χ1n) is 6.95. The van der Waals surface area contributed by atoms with Crippen molar-refractivity contribution in [2.45, 2.75) is 45.3 Å². The lowest BCUT2D eigenvalue weighted by molar-refractivity contribution is -0.145. The molecule has 2 unspecified atom stereocenters. The quantitative estimate of drug-likeness (QED) is 0.616. The van der Waals surface area contributed by atoms with E-state index in [1.54, 1.807) is 6.92 Å². The van der Waals surface area contributed by atoms with Crippen molar-refractivity contribution in [2.75, 3.05) is 32.8 Å². The smallest absolute Gasteiger partial charge is 0.308 e. The number of aliphatic hydroxyl groups excluding tert-OH is 1. The standard InChI is InChI=1S/C13H26N2O3/c1-3-15-7-5-6-11(15)9-14-10-12(16)8-13(17)18-4-2/h11-12,14,16H,3-10H2,1-2H3. The maximum Gasteiger partial charge on any atom is 0.308 e. The largest absolute Gasteiger partial charge is 0.466 e. The van der Waals surface area contributed by atoms with Gasteiger partial charge in [0, 0.05) is 19.1 Å². The van der Waals surface area contributed by atoms with Gasteiger partial charge >= 0.3 is 5.97 Å². The Morgan fingerprint density at radius 1 is 1.56 bits per heavy atom. The van der Waals surface area contributed by atoms with Crippen molar-refractivity contribution >= 4 is 5.97 Å². The fourth-order valence-corrected chi connectivity index (χ4v) is 2.44. The molecule has 0 aromatic carbocycles. The first-order chi connectivity index (χ1) is 8.67. The summed E-state index contributed by atoms with van der Waals surface area (Å²) in [6.45, 7) is 7.90. The maximum atomic E-state index is 11.2. The van der Waals surface area contributed by atoms with Gasteiger partial charge in [0.25, 0.3) is 0 Å². The Balaban J connectivity index is 2.11. The molecule has 2 N–H and O–H groups in total. The molecule has 0 radical (unpaired) electrons. The van der Waals surface area contributed by atoms with Crippen LogP contribution in [0.15, 0.2) is 0 Å². The molecule has 1 heterocycles. The third kappa shape index (κ3) is 5.33. The summed E-state index contributed by atoms with van der Waals surface area (Å²) in [5.41, 5.74) is 0. The van der Waals surface area contributed by atoms with Crippen LogP contribution < -0.4 is 5.32 Å². The summed E-state index contributed by atoms with van der Waals surface area (Å²) in [6, 6.07) is 0.574. The molecule has 5 heteroatoms. The predicted molar refractivity (Wildman–Crippen MR) is 70.4 cm³/mol. The fraction of sp³-hybridized carbons (Fsp3) is 0.923. The minimum absolute atomic E-state index is 0.0724. The third-order valence-electron chi connectivity index (χ3n) is 3.37. The molecule has 1 saturated heterocycles. The van der Waals surface area contributed by atoms with Crippen LogP contribution in [0, 0.1) is 0 Å². The Hall–Kier alpha value is -0.650. The Labute approximate surface area is 109 Å². The molecule has 1 fully saturated rings. The van der Waals surface area contributed by atoms with Crippen LogP contribution in [0.1, 0.15) is 33.1 Å². The Kier molecular flexibility index (Phi) is 7.23. The second-order valence-corrected chi connectivity index (χ2v) is 4.75. The minimum Gasteiger partial charge on any atom is -0.466 e. The topological polar surface area (TPSA) is 61.8 Å². The number of carbonyl (C=O) groups excluding carboxylic acids is 1. The van der Waals surface area contributed by atoms with Gasteiger partial charge in [-0.05, 0) is 32.9 Å². The van der Waals surface area contributed by atoms with Gasteiger partial charge in [-0.3, -0.25) is 9.69 Å². The average Bonchev–Trinajstić information content (AvgIpc) is 2.76. The van der Waals surface area contributed by atoms with Crippen LogP contribution in [-0.4, -0.2) is 60.9 Å². The van der Waals surface area contributed by atoms with Crippen LogP contribution in [0.3, 0.4) is 0 Å². The van der Waals surface area contributed by atoms with Crippen LogP contribution in [0.4, 0.5) is 0 Å². The zero-order chi connectivity index (χ0) is 13.4. The molecule has 1 rings (SSSR count). The Morgan fingerprint density at radius 3 is 3.00 bits per heavy atom. The number of hydrogen-bond acceptors (Lipinski definition) is 5. The van der Waals surface area contributed by atoms with E-state index < -0.39 is 6.10 Å². The Morgan fingerprint density at radius 2 is 2.33 bits per heavy atom. The molecule has 0 spiro atoms. The zero-order valence-electron chi connectivity index (χ0n) is 11.5. The molecule has 18 heavy (non-hydrogen) atoms. The molecule has 0 bridgehead atoms. The number of nitrogens with zero attached hydrogens (tertiary/aromatic N) is 1. The lowest BCUT2D eigenvalue weighted by atomic mass is 10.2. The molecule has 1 aliphatic heterocycles. The predicted octanol–water partition coefficient (Wildman–Crippen LogP) is 0.374. The van der Waals surface area contributed by atoms with Gasteiger partial charge in [-0.25, -0.2) is 0 Å². The average molecular weight is 258 g/mol. The van der Waals surface area contributed by atoms with E-state index in [4.69, 9.17) is 4.74 Å². The summed E-state index contributed by atoms with van der Waals surface area (Å²) >= 11 is 0. The first-order valence-corrected chi connectivity index (χ1v) is 6.95. The lowest BCUT2D eigenvalue weighted by Crippen LogP contribution is -2.40. The number of aliphatic hydroxyl groups is 1. The summed E-state index contributed by atoms with van der Waals surface area (Å²) in [5, 5.41) is 12.9. The number of carbonyl (C=O) groups is 1. The second-order valence-electron chi connectivity index (χ2n) is 4.75. The third-order valence-corrected chi connectivity index (χ3v) is 3.37.